The average Bonchev–Trinajstić information content (AvgIpc) is 2.83. The minimum Gasteiger partial charge on any atom is -0.390 e. The second-order valence-electron chi connectivity index (χ2n) is 5.84. The van der Waals surface area contributed by atoms with Crippen molar-refractivity contribution in [1.82, 2.24) is 5.32 Å². The molecule has 2 aromatic carbocycles. The van der Waals surface area contributed by atoms with Crippen LogP contribution in [0.25, 0.3) is 0 Å². The maximum absolute atomic E-state index is 12.5. The van der Waals surface area contributed by atoms with Gasteiger partial charge in [0, 0.05) is 34.8 Å². The maximum atomic E-state index is 12.5. The van der Waals surface area contributed by atoms with E-state index in [0.29, 0.717) is 17.7 Å². The predicted octanol–water partition coefficient (Wildman–Crippen LogP) is 1.95. The molecule has 0 saturated heterocycles. The molecule has 23 heavy (non-hydrogen) atoms. The van der Waals surface area contributed by atoms with Crippen molar-refractivity contribution in [1.29, 1.82) is 0 Å². The molecule has 0 heterocycles. The molecule has 3 atom stereocenters. The second kappa shape index (κ2) is 6.64. The van der Waals surface area contributed by atoms with E-state index in [2.05, 4.69) is 5.32 Å². The zero-order valence-electron chi connectivity index (χ0n) is 12.9. The third kappa shape index (κ3) is 3.51. The highest BCUT2D eigenvalue weighted by Gasteiger charge is 2.32. The van der Waals surface area contributed by atoms with Gasteiger partial charge >= 0.3 is 0 Å². The van der Waals surface area contributed by atoms with Crippen LogP contribution in [0.4, 0.5) is 0 Å². The van der Waals surface area contributed by atoms with Crippen LogP contribution in [-0.4, -0.2) is 27.6 Å². The topological polar surface area (TPSA) is 66.4 Å². The van der Waals surface area contributed by atoms with Crippen molar-refractivity contribution in [2.45, 2.75) is 24.3 Å². The maximum Gasteiger partial charge on any atom is 0.251 e. The van der Waals surface area contributed by atoms with E-state index in [1.165, 1.54) is 0 Å². The lowest BCUT2D eigenvalue weighted by atomic mass is 10.1. The number of hydrogen-bond donors (Lipinski definition) is 2. The number of benzene rings is 2. The van der Waals surface area contributed by atoms with E-state index >= 15 is 0 Å². The first-order valence-corrected chi connectivity index (χ1v) is 9.23. The molecule has 0 bridgehead atoms. The van der Waals surface area contributed by atoms with Crippen LogP contribution in [0.3, 0.4) is 0 Å². The summed E-state index contributed by atoms with van der Waals surface area (Å²) in [5, 5.41) is 13.1. The van der Waals surface area contributed by atoms with Crippen LogP contribution >= 0.6 is 0 Å². The van der Waals surface area contributed by atoms with E-state index in [1.807, 2.05) is 30.3 Å². The van der Waals surface area contributed by atoms with Gasteiger partial charge in [-0.1, -0.05) is 36.4 Å². The van der Waals surface area contributed by atoms with E-state index < -0.39 is 16.9 Å². The van der Waals surface area contributed by atoms with Gasteiger partial charge in [-0.2, -0.15) is 0 Å². The lowest BCUT2D eigenvalue weighted by Crippen LogP contribution is -2.33. The first-order chi connectivity index (χ1) is 11.0. The van der Waals surface area contributed by atoms with Crippen molar-refractivity contribution < 1.29 is 14.1 Å². The molecule has 0 aliphatic heterocycles. The molecule has 0 spiro atoms. The van der Waals surface area contributed by atoms with E-state index in [9.17, 15) is 14.1 Å². The van der Waals surface area contributed by atoms with E-state index in [0.717, 1.165) is 16.7 Å². The van der Waals surface area contributed by atoms with Gasteiger partial charge in [0.15, 0.2) is 0 Å². The monoisotopic (exact) mass is 329 g/mol. The Bertz CT molecular complexity index is 759. The molecule has 5 heteroatoms. The van der Waals surface area contributed by atoms with Gasteiger partial charge in [-0.05, 0) is 28.8 Å². The van der Waals surface area contributed by atoms with Crippen LogP contribution in [0.2, 0.25) is 0 Å². The Hall–Kier alpha value is -1.98. The van der Waals surface area contributed by atoms with Crippen molar-refractivity contribution in [2.75, 3.05) is 6.26 Å². The summed E-state index contributed by atoms with van der Waals surface area (Å²) in [6.45, 7) is 0. The first kappa shape index (κ1) is 15.9. The highest BCUT2D eigenvalue weighted by molar-refractivity contribution is 7.83. The van der Waals surface area contributed by atoms with Crippen molar-refractivity contribution >= 4 is 16.7 Å². The number of rotatable bonds is 4. The number of aliphatic hydroxyl groups is 1. The minimum absolute atomic E-state index is 0.227. The molecule has 1 amide bonds. The van der Waals surface area contributed by atoms with Gasteiger partial charge in [0.1, 0.15) is 0 Å². The number of amides is 1. The Morgan fingerprint density at radius 1 is 1.26 bits per heavy atom. The number of carbonyl (C=O) groups excluding carboxylic acids is 1. The van der Waals surface area contributed by atoms with E-state index in [-0.39, 0.29) is 11.9 Å². The van der Waals surface area contributed by atoms with Crippen molar-refractivity contribution in [3.63, 3.8) is 0 Å². The summed E-state index contributed by atoms with van der Waals surface area (Å²) < 4.78 is 11.3. The van der Waals surface area contributed by atoms with Gasteiger partial charge < -0.3 is 10.4 Å². The lowest BCUT2D eigenvalue weighted by Gasteiger charge is -2.18. The number of hydrogen-bond acceptors (Lipinski definition) is 3. The van der Waals surface area contributed by atoms with Gasteiger partial charge in [0.2, 0.25) is 0 Å². The van der Waals surface area contributed by atoms with Gasteiger partial charge in [-0.25, -0.2) is 0 Å². The SMILES string of the molecule is CS(=O)Cc1cccc(C(=O)NC2c3ccccc3CC2O)c1. The van der Waals surface area contributed by atoms with E-state index in [1.54, 1.807) is 24.5 Å². The van der Waals surface area contributed by atoms with Crippen molar-refractivity contribution in [3.05, 3.63) is 70.8 Å². The Morgan fingerprint density at radius 3 is 2.83 bits per heavy atom. The molecule has 3 rings (SSSR count). The average molecular weight is 329 g/mol. The number of aliphatic hydroxyl groups excluding tert-OH is 1. The highest BCUT2D eigenvalue weighted by atomic mass is 32.2. The van der Waals surface area contributed by atoms with Gasteiger partial charge in [0.05, 0.1) is 12.1 Å². The summed E-state index contributed by atoms with van der Waals surface area (Å²) in [5.74, 6) is 0.199. The fourth-order valence-corrected chi connectivity index (χ4v) is 3.66. The van der Waals surface area contributed by atoms with Crippen molar-refractivity contribution in [2.24, 2.45) is 0 Å². The Balaban J connectivity index is 1.78. The molecule has 0 radical (unpaired) electrons. The molecule has 0 fully saturated rings. The standard InChI is InChI=1S/C18H19NO3S/c1-23(22)11-12-5-4-7-14(9-12)18(21)19-17-15-8-3-2-6-13(15)10-16(17)20/h2-9,16-17,20H,10-11H2,1H3,(H,19,21). The zero-order valence-corrected chi connectivity index (χ0v) is 13.7. The first-order valence-electron chi connectivity index (χ1n) is 7.50. The van der Waals surface area contributed by atoms with Crippen molar-refractivity contribution in [3.8, 4) is 0 Å². The van der Waals surface area contributed by atoms with Gasteiger partial charge in [-0.3, -0.25) is 9.00 Å². The Labute approximate surface area is 138 Å². The molecule has 1 aliphatic carbocycles. The second-order valence-corrected chi connectivity index (χ2v) is 7.27. The molecule has 1 aliphatic rings. The third-order valence-electron chi connectivity index (χ3n) is 4.05. The summed E-state index contributed by atoms with van der Waals surface area (Å²) in [5.41, 5.74) is 3.43. The molecule has 4 nitrogen and oxygen atoms in total. The summed E-state index contributed by atoms with van der Waals surface area (Å²) >= 11 is 0. The molecule has 120 valence electrons. The van der Waals surface area contributed by atoms with Crippen LogP contribution in [0, 0.1) is 0 Å². The van der Waals surface area contributed by atoms with Crippen LogP contribution < -0.4 is 5.32 Å². The zero-order chi connectivity index (χ0) is 16.4. The smallest absolute Gasteiger partial charge is 0.251 e. The minimum atomic E-state index is -0.949. The number of carbonyl (C=O) groups is 1. The van der Waals surface area contributed by atoms with Gasteiger partial charge in [-0.15, -0.1) is 0 Å². The fraction of sp³-hybridized carbons (Fsp3) is 0.278. The van der Waals surface area contributed by atoms with Crippen LogP contribution in [0.1, 0.15) is 33.1 Å². The van der Waals surface area contributed by atoms with E-state index in [4.69, 9.17) is 0 Å². The molecule has 0 saturated carbocycles. The van der Waals surface area contributed by atoms with Crippen LogP contribution in [0.5, 0.6) is 0 Å². The molecule has 0 aromatic heterocycles. The molecule has 3 unspecified atom stereocenters. The Morgan fingerprint density at radius 2 is 2.04 bits per heavy atom. The Kier molecular flexibility index (Phi) is 4.59. The summed E-state index contributed by atoms with van der Waals surface area (Å²) in [6, 6.07) is 14.5. The number of fused-ring (bicyclic) bond motifs is 1. The number of nitrogens with one attached hydrogen (secondary N) is 1. The summed E-state index contributed by atoms with van der Waals surface area (Å²) in [6.07, 6.45) is 1.58. The molecular weight excluding hydrogens is 310 g/mol. The summed E-state index contributed by atoms with van der Waals surface area (Å²) in [7, 11) is -0.949. The largest absolute Gasteiger partial charge is 0.390 e. The lowest BCUT2D eigenvalue weighted by molar-refractivity contribution is 0.0858. The molecule has 2 N–H and O–H groups in total. The molecule has 2 aromatic rings. The quantitative estimate of drug-likeness (QED) is 0.901. The predicted molar refractivity (Wildman–Crippen MR) is 90.6 cm³/mol. The van der Waals surface area contributed by atoms with Gasteiger partial charge in [0.25, 0.3) is 5.91 Å². The highest BCUT2D eigenvalue weighted by Crippen LogP contribution is 2.31. The third-order valence-corrected chi connectivity index (χ3v) is 4.79. The van der Waals surface area contributed by atoms with Crippen LogP contribution in [0.15, 0.2) is 48.5 Å². The fourth-order valence-electron chi connectivity index (χ4n) is 3.01. The normalized spacial score (nSPS) is 20.8. The summed E-state index contributed by atoms with van der Waals surface area (Å²) in [4.78, 5) is 12.5. The molecular formula is C18H19NO3S. The van der Waals surface area contributed by atoms with Crippen LogP contribution in [-0.2, 0) is 23.0 Å².